The summed E-state index contributed by atoms with van der Waals surface area (Å²) in [5, 5.41) is 0. The van der Waals surface area contributed by atoms with Crippen LogP contribution in [0.25, 0.3) is 0 Å². The predicted octanol–water partition coefficient (Wildman–Crippen LogP) is 5.27. The van der Waals surface area contributed by atoms with Gasteiger partial charge in [0.25, 0.3) is 0 Å². The zero-order valence-corrected chi connectivity index (χ0v) is 19.1. The second kappa shape index (κ2) is 14.6. The van der Waals surface area contributed by atoms with Gasteiger partial charge in [0.05, 0.1) is 12.2 Å². The van der Waals surface area contributed by atoms with Gasteiger partial charge in [0, 0.05) is 11.6 Å². The van der Waals surface area contributed by atoms with Crippen LogP contribution in [0.5, 0.6) is 0 Å². The summed E-state index contributed by atoms with van der Waals surface area (Å²) in [4.78, 5) is 22.1. The van der Waals surface area contributed by atoms with Crippen LogP contribution in [0, 0.1) is 0 Å². The average Bonchev–Trinajstić information content (AvgIpc) is 3.51. The molecule has 6 nitrogen and oxygen atoms in total. The minimum atomic E-state index is -0.421. The molecule has 2 saturated carbocycles. The smallest absolute Gasteiger partial charge is 0.333 e. The topological polar surface area (TPSA) is 71.1 Å². The fourth-order valence-electron chi connectivity index (χ4n) is 3.64. The number of ether oxygens (including phenoxy) is 4. The largest absolute Gasteiger partial charge is 0.457 e. The van der Waals surface area contributed by atoms with E-state index in [1.165, 1.54) is 31.8 Å². The fourth-order valence-corrected chi connectivity index (χ4v) is 3.64. The summed E-state index contributed by atoms with van der Waals surface area (Å²) in [5.41, 5.74) is 1.41. The number of carbonyl (C=O) groups is 2. The molecule has 1 aromatic rings. The van der Waals surface area contributed by atoms with E-state index in [1.54, 1.807) is 6.92 Å². The summed E-state index contributed by atoms with van der Waals surface area (Å²) >= 11 is 0. The maximum absolute atomic E-state index is 11.1. The first-order valence-electron chi connectivity index (χ1n) is 11.4. The zero-order valence-electron chi connectivity index (χ0n) is 19.1. The van der Waals surface area contributed by atoms with Gasteiger partial charge in [0.2, 0.25) is 0 Å². The highest BCUT2D eigenvalue weighted by Gasteiger charge is 2.26. The van der Waals surface area contributed by atoms with Crippen LogP contribution in [0.4, 0.5) is 0 Å². The molecule has 0 N–H and O–H groups in total. The number of hydrogen-bond acceptors (Lipinski definition) is 6. The minimum Gasteiger partial charge on any atom is -0.457 e. The fraction of sp³-hybridized carbons (Fsp3) is 0.538. The standard InChI is InChI=1S/C15H24O4.C11H12O2/c1-2-14(16)17-11-15(18-12-7-3-4-8-12)19-13-9-5-6-10-13;1-9(2)11(12)13-8-10-6-4-3-5-7-10/h2,12-13,15H,1,3-11H2;3-7H,1,8H2,2H3. The van der Waals surface area contributed by atoms with Crippen molar-refractivity contribution in [2.24, 2.45) is 0 Å². The lowest BCUT2D eigenvalue weighted by Crippen LogP contribution is -2.31. The van der Waals surface area contributed by atoms with Crippen LogP contribution in [-0.4, -0.2) is 37.0 Å². The van der Waals surface area contributed by atoms with E-state index in [9.17, 15) is 9.59 Å². The molecule has 0 heterocycles. The Kier molecular flexibility index (Phi) is 11.8. The number of rotatable bonds is 10. The zero-order chi connectivity index (χ0) is 23.2. The van der Waals surface area contributed by atoms with Crippen molar-refractivity contribution in [3.05, 3.63) is 60.7 Å². The van der Waals surface area contributed by atoms with Crippen LogP contribution >= 0.6 is 0 Å². The van der Waals surface area contributed by atoms with Gasteiger partial charge in [-0.15, -0.1) is 0 Å². The highest BCUT2D eigenvalue weighted by atomic mass is 16.7. The molecule has 176 valence electrons. The summed E-state index contributed by atoms with van der Waals surface area (Å²) in [6.07, 6.45) is 10.5. The van der Waals surface area contributed by atoms with Crippen molar-refractivity contribution in [1.82, 2.24) is 0 Å². The lowest BCUT2D eigenvalue weighted by Gasteiger charge is -2.25. The molecule has 2 aliphatic carbocycles. The van der Waals surface area contributed by atoms with E-state index >= 15 is 0 Å². The SMILES string of the molecule is C=C(C)C(=O)OCc1ccccc1.C=CC(=O)OCC(OC1CCCC1)OC1CCCC1. The van der Waals surface area contributed by atoms with Gasteiger partial charge < -0.3 is 18.9 Å². The van der Waals surface area contributed by atoms with E-state index in [4.69, 9.17) is 18.9 Å². The molecule has 3 rings (SSSR count). The molecule has 6 heteroatoms. The molecule has 0 spiro atoms. The van der Waals surface area contributed by atoms with Crippen molar-refractivity contribution in [3.8, 4) is 0 Å². The maximum atomic E-state index is 11.1. The number of benzene rings is 1. The average molecular weight is 445 g/mol. The van der Waals surface area contributed by atoms with Crippen molar-refractivity contribution >= 4 is 11.9 Å². The molecule has 1 aromatic carbocycles. The summed E-state index contributed by atoms with van der Waals surface area (Å²) in [6, 6.07) is 9.55. The third-order valence-electron chi connectivity index (χ3n) is 5.38. The summed E-state index contributed by atoms with van der Waals surface area (Å²) in [6.45, 7) is 8.99. The third kappa shape index (κ3) is 10.2. The van der Waals surface area contributed by atoms with E-state index in [1.807, 2.05) is 30.3 Å². The summed E-state index contributed by atoms with van der Waals surface area (Å²) < 4.78 is 21.9. The van der Waals surface area contributed by atoms with Crippen LogP contribution in [0.1, 0.15) is 63.9 Å². The molecule has 32 heavy (non-hydrogen) atoms. The Labute approximate surface area is 191 Å². The van der Waals surface area contributed by atoms with Crippen LogP contribution in [0.15, 0.2) is 55.1 Å². The van der Waals surface area contributed by atoms with Crippen molar-refractivity contribution in [2.45, 2.75) is 83.4 Å². The van der Waals surface area contributed by atoms with Crippen molar-refractivity contribution in [2.75, 3.05) is 6.61 Å². The maximum Gasteiger partial charge on any atom is 0.333 e. The molecule has 0 aromatic heterocycles. The van der Waals surface area contributed by atoms with Crippen molar-refractivity contribution in [3.63, 3.8) is 0 Å². The van der Waals surface area contributed by atoms with Gasteiger partial charge in [-0.25, -0.2) is 9.59 Å². The van der Waals surface area contributed by atoms with Gasteiger partial charge in [-0.05, 0) is 38.2 Å². The predicted molar refractivity (Wildman–Crippen MR) is 123 cm³/mol. The molecule has 0 amide bonds. The quantitative estimate of drug-likeness (QED) is 0.278. The Morgan fingerprint density at radius 3 is 1.97 bits per heavy atom. The number of hydrogen-bond donors (Lipinski definition) is 0. The first-order chi connectivity index (χ1) is 15.5. The van der Waals surface area contributed by atoms with Gasteiger partial charge in [0.15, 0.2) is 6.29 Å². The van der Waals surface area contributed by atoms with E-state index < -0.39 is 12.3 Å². The number of esters is 2. The van der Waals surface area contributed by atoms with Gasteiger partial charge >= 0.3 is 11.9 Å². The normalized spacial score (nSPS) is 16.3. The van der Waals surface area contributed by atoms with Crippen LogP contribution in [0.3, 0.4) is 0 Å². The Balaban J connectivity index is 0.000000244. The van der Waals surface area contributed by atoms with Crippen molar-refractivity contribution < 1.29 is 28.5 Å². The molecule has 2 fully saturated rings. The first-order valence-corrected chi connectivity index (χ1v) is 11.4. The Morgan fingerprint density at radius 1 is 0.969 bits per heavy atom. The van der Waals surface area contributed by atoms with Gasteiger partial charge in [-0.2, -0.15) is 0 Å². The Morgan fingerprint density at radius 2 is 1.50 bits per heavy atom. The molecule has 0 atom stereocenters. The monoisotopic (exact) mass is 444 g/mol. The molecule has 0 saturated heterocycles. The lowest BCUT2D eigenvalue weighted by molar-refractivity contribution is -0.213. The highest BCUT2D eigenvalue weighted by Crippen LogP contribution is 2.26. The third-order valence-corrected chi connectivity index (χ3v) is 5.38. The molecular weight excluding hydrogens is 408 g/mol. The van der Waals surface area contributed by atoms with Gasteiger partial charge in [-0.1, -0.05) is 69.2 Å². The lowest BCUT2D eigenvalue weighted by atomic mass is 10.2. The van der Waals surface area contributed by atoms with Crippen LogP contribution in [-0.2, 0) is 35.1 Å². The molecule has 0 radical (unpaired) electrons. The van der Waals surface area contributed by atoms with E-state index in [0.29, 0.717) is 12.2 Å². The summed E-state index contributed by atoms with van der Waals surface area (Å²) in [7, 11) is 0. The molecule has 2 aliphatic rings. The second-order valence-electron chi connectivity index (χ2n) is 8.19. The Bertz CT molecular complexity index is 699. The molecule has 0 aliphatic heterocycles. The van der Waals surface area contributed by atoms with Gasteiger partial charge in [-0.3, -0.25) is 0 Å². The van der Waals surface area contributed by atoms with E-state index in [0.717, 1.165) is 31.2 Å². The molecular formula is C26H36O6. The highest BCUT2D eigenvalue weighted by molar-refractivity contribution is 5.86. The van der Waals surface area contributed by atoms with Crippen LogP contribution in [0.2, 0.25) is 0 Å². The number of carbonyl (C=O) groups excluding carboxylic acids is 2. The van der Waals surface area contributed by atoms with Crippen LogP contribution < -0.4 is 0 Å². The second-order valence-corrected chi connectivity index (χ2v) is 8.19. The van der Waals surface area contributed by atoms with Crippen molar-refractivity contribution in [1.29, 1.82) is 0 Å². The minimum absolute atomic E-state index is 0.165. The van der Waals surface area contributed by atoms with Gasteiger partial charge in [0.1, 0.15) is 13.2 Å². The Hall–Kier alpha value is -2.44. The first kappa shape index (κ1) is 25.8. The molecule has 0 unspecified atom stereocenters. The van der Waals surface area contributed by atoms with E-state index in [2.05, 4.69) is 13.2 Å². The summed E-state index contributed by atoms with van der Waals surface area (Å²) in [5.74, 6) is -0.765. The van der Waals surface area contributed by atoms with E-state index in [-0.39, 0.29) is 24.8 Å². The molecule has 0 bridgehead atoms.